The van der Waals surface area contributed by atoms with Crippen molar-refractivity contribution in [2.24, 2.45) is 5.92 Å². The number of nitrogens with one attached hydrogen (secondary N) is 1. The van der Waals surface area contributed by atoms with E-state index in [1.54, 1.807) is 24.3 Å². The Balaban J connectivity index is 1.28. The Hall–Kier alpha value is -2.53. The van der Waals surface area contributed by atoms with Gasteiger partial charge in [0.2, 0.25) is 0 Å². The van der Waals surface area contributed by atoms with E-state index in [9.17, 15) is 4.79 Å². The number of hydrogen-bond donors (Lipinski definition) is 2. The molecule has 0 atom stereocenters. The highest BCUT2D eigenvalue weighted by atomic mass is 16.5. The second-order valence-corrected chi connectivity index (χ2v) is 7.63. The first-order valence-electron chi connectivity index (χ1n) is 9.82. The second-order valence-electron chi connectivity index (χ2n) is 7.63. The van der Waals surface area contributed by atoms with Gasteiger partial charge >= 0.3 is 0 Å². The van der Waals surface area contributed by atoms with Crippen LogP contribution in [0.25, 0.3) is 0 Å². The van der Waals surface area contributed by atoms with E-state index in [1.807, 2.05) is 24.3 Å². The van der Waals surface area contributed by atoms with Crippen molar-refractivity contribution in [3.8, 4) is 5.75 Å². The first-order chi connectivity index (χ1) is 13.2. The lowest BCUT2D eigenvalue weighted by molar-refractivity contribution is 0.0979. The van der Waals surface area contributed by atoms with Gasteiger partial charge in [0.15, 0.2) is 0 Å². The van der Waals surface area contributed by atoms with Gasteiger partial charge in [0.05, 0.1) is 11.4 Å². The molecule has 0 bridgehead atoms. The average Bonchev–Trinajstić information content (AvgIpc) is 3.50. The molecule has 1 heterocycles. The zero-order valence-corrected chi connectivity index (χ0v) is 15.6. The molecule has 3 N–H and O–H groups in total. The summed E-state index contributed by atoms with van der Waals surface area (Å²) in [6.07, 6.45) is 5.23. The van der Waals surface area contributed by atoms with E-state index in [4.69, 9.17) is 10.5 Å². The molecular formula is C22H27N3O2. The molecule has 0 unspecified atom stereocenters. The standard InChI is InChI=1S/C22H27N3O2/c23-20-3-1-2-4-21(20)24-22(26)17-7-9-18(10-8-17)27-19-11-13-25(14-12-19)15-16-5-6-16/h1-4,7-10,16,19H,5-6,11-15,23H2,(H,24,26). The van der Waals surface area contributed by atoms with Crippen molar-refractivity contribution in [1.82, 2.24) is 4.90 Å². The number of para-hydroxylation sites is 2. The smallest absolute Gasteiger partial charge is 0.255 e. The van der Waals surface area contributed by atoms with Crippen LogP contribution in [-0.2, 0) is 0 Å². The van der Waals surface area contributed by atoms with E-state index >= 15 is 0 Å². The lowest BCUT2D eigenvalue weighted by Gasteiger charge is -2.32. The summed E-state index contributed by atoms with van der Waals surface area (Å²) in [5.41, 5.74) is 7.64. The second kappa shape index (κ2) is 8.01. The molecule has 142 valence electrons. The summed E-state index contributed by atoms with van der Waals surface area (Å²) in [5.74, 6) is 1.60. The van der Waals surface area contributed by atoms with Crippen LogP contribution in [0.3, 0.4) is 0 Å². The first-order valence-corrected chi connectivity index (χ1v) is 9.82. The predicted octanol–water partition coefficient (Wildman–Crippen LogP) is 3.77. The number of benzene rings is 2. The number of anilines is 2. The molecule has 1 saturated carbocycles. The molecule has 4 rings (SSSR count). The number of amides is 1. The molecule has 0 radical (unpaired) electrons. The van der Waals surface area contributed by atoms with Crippen LogP contribution in [0.15, 0.2) is 48.5 Å². The number of carbonyl (C=O) groups excluding carboxylic acids is 1. The maximum Gasteiger partial charge on any atom is 0.255 e. The molecule has 5 heteroatoms. The summed E-state index contributed by atoms with van der Waals surface area (Å²) < 4.78 is 6.12. The molecule has 0 spiro atoms. The highest BCUT2D eigenvalue weighted by Gasteiger charge is 2.27. The van der Waals surface area contributed by atoms with E-state index in [1.165, 1.54) is 19.4 Å². The lowest BCUT2D eigenvalue weighted by atomic mass is 10.1. The Morgan fingerprint density at radius 3 is 2.41 bits per heavy atom. The van der Waals surface area contributed by atoms with Gasteiger partial charge in [-0.3, -0.25) is 4.79 Å². The zero-order valence-electron chi connectivity index (χ0n) is 15.6. The number of nitrogens with two attached hydrogens (primary N) is 1. The Morgan fingerprint density at radius 1 is 1.04 bits per heavy atom. The van der Waals surface area contributed by atoms with Gasteiger partial charge in [-0.05, 0) is 68.0 Å². The molecule has 2 fully saturated rings. The number of nitrogen functional groups attached to an aromatic ring is 1. The topological polar surface area (TPSA) is 67.6 Å². The Morgan fingerprint density at radius 2 is 1.74 bits per heavy atom. The van der Waals surface area contributed by atoms with Gasteiger partial charge in [-0.2, -0.15) is 0 Å². The van der Waals surface area contributed by atoms with Crippen molar-refractivity contribution >= 4 is 17.3 Å². The van der Waals surface area contributed by atoms with Gasteiger partial charge in [0.25, 0.3) is 5.91 Å². The van der Waals surface area contributed by atoms with Gasteiger partial charge in [-0.25, -0.2) is 0 Å². The fourth-order valence-corrected chi connectivity index (χ4v) is 3.56. The predicted molar refractivity (Wildman–Crippen MR) is 108 cm³/mol. The highest BCUT2D eigenvalue weighted by Crippen LogP contribution is 2.31. The summed E-state index contributed by atoms with van der Waals surface area (Å²) in [4.78, 5) is 15.0. The van der Waals surface area contributed by atoms with Crippen LogP contribution >= 0.6 is 0 Å². The third kappa shape index (κ3) is 4.80. The fraction of sp³-hybridized carbons (Fsp3) is 0.409. The molecular weight excluding hydrogens is 338 g/mol. The molecule has 27 heavy (non-hydrogen) atoms. The minimum atomic E-state index is -0.173. The van der Waals surface area contributed by atoms with Crippen molar-refractivity contribution in [3.05, 3.63) is 54.1 Å². The largest absolute Gasteiger partial charge is 0.490 e. The van der Waals surface area contributed by atoms with Crippen molar-refractivity contribution < 1.29 is 9.53 Å². The minimum Gasteiger partial charge on any atom is -0.490 e. The Kier molecular flexibility index (Phi) is 5.30. The number of piperidine rings is 1. The third-order valence-electron chi connectivity index (χ3n) is 5.38. The molecule has 0 aromatic heterocycles. The maximum atomic E-state index is 12.4. The van der Waals surface area contributed by atoms with E-state index in [-0.39, 0.29) is 12.0 Å². The number of nitrogens with zero attached hydrogens (tertiary/aromatic N) is 1. The summed E-state index contributed by atoms with van der Waals surface area (Å²) in [7, 11) is 0. The van der Waals surface area contributed by atoms with E-state index < -0.39 is 0 Å². The fourth-order valence-electron chi connectivity index (χ4n) is 3.56. The van der Waals surface area contributed by atoms with Gasteiger partial charge < -0.3 is 20.7 Å². The van der Waals surface area contributed by atoms with Crippen molar-refractivity contribution in [2.45, 2.75) is 31.8 Å². The monoisotopic (exact) mass is 365 g/mol. The maximum absolute atomic E-state index is 12.4. The molecule has 2 aromatic rings. The van der Waals surface area contributed by atoms with Gasteiger partial charge in [0, 0.05) is 25.2 Å². The molecule has 2 aliphatic rings. The number of ether oxygens (including phenoxy) is 1. The van der Waals surface area contributed by atoms with E-state index in [2.05, 4.69) is 10.2 Å². The van der Waals surface area contributed by atoms with Gasteiger partial charge in [0.1, 0.15) is 11.9 Å². The van der Waals surface area contributed by atoms with E-state index in [0.29, 0.717) is 16.9 Å². The summed E-state index contributed by atoms with van der Waals surface area (Å²) in [6.45, 7) is 3.52. The molecule has 1 aliphatic carbocycles. The van der Waals surface area contributed by atoms with Crippen molar-refractivity contribution in [3.63, 3.8) is 0 Å². The van der Waals surface area contributed by atoms with Crippen LogP contribution in [0.1, 0.15) is 36.0 Å². The number of carbonyl (C=O) groups is 1. The van der Waals surface area contributed by atoms with Crippen LogP contribution in [-0.4, -0.2) is 36.5 Å². The highest BCUT2D eigenvalue weighted by molar-refractivity contribution is 6.05. The molecule has 1 amide bonds. The van der Waals surface area contributed by atoms with Crippen LogP contribution < -0.4 is 15.8 Å². The van der Waals surface area contributed by atoms with Crippen molar-refractivity contribution in [2.75, 3.05) is 30.7 Å². The number of likely N-dealkylation sites (tertiary alicyclic amines) is 1. The third-order valence-corrected chi connectivity index (χ3v) is 5.38. The average molecular weight is 365 g/mol. The van der Waals surface area contributed by atoms with E-state index in [0.717, 1.165) is 37.6 Å². The SMILES string of the molecule is Nc1ccccc1NC(=O)c1ccc(OC2CCN(CC3CC3)CC2)cc1. The normalized spacial score (nSPS) is 18.2. The summed E-state index contributed by atoms with van der Waals surface area (Å²) >= 11 is 0. The van der Waals surface area contributed by atoms with Gasteiger partial charge in [-0.1, -0.05) is 12.1 Å². The molecule has 5 nitrogen and oxygen atoms in total. The zero-order chi connectivity index (χ0) is 18.6. The van der Waals surface area contributed by atoms with Crippen LogP contribution in [0.2, 0.25) is 0 Å². The van der Waals surface area contributed by atoms with Crippen LogP contribution in [0.5, 0.6) is 5.75 Å². The number of hydrogen-bond acceptors (Lipinski definition) is 4. The Bertz CT molecular complexity index is 778. The van der Waals surface area contributed by atoms with Crippen LogP contribution in [0, 0.1) is 5.92 Å². The van der Waals surface area contributed by atoms with Gasteiger partial charge in [-0.15, -0.1) is 0 Å². The molecule has 1 aliphatic heterocycles. The summed E-state index contributed by atoms with van der Waals surface area (Å²) in [5, 5.41) is 2.84. The Labute approximate surface area is 160 Å². The molecule has 2 aromatic carbocycles. The molecule has 1 saturated heterocycles. The summed E-state index contributed by atoms with van der Waals surface area (Å²) in [6, 6.07) is 14.6. The lowest BCUT2D eigenvalue weighted by Crippen LogP contribution is -2.39. The quantitative estimate of drug-likeness (QED) is 0.765. The van der Waals surface area contributed by atoms with Crippen LogP contribution in [0.4, 0.5) is 11.4 Å². The van der Waals surface area contributed by atoms with Crippen molar-refractivity contribution in [1.29, 1.82) is 0 Å². The minimum absolute atomic E-state index is 0.173. The first kappa shape index (κ1) is 17.9. The number of rotatable bonds is 6.